The van der Waals surface area contributed by atoms with Crippen LogP contribution in [0.1, 0.15) is 37.7 Å². The van der Waals surface area contributed by atoms with Crippen LogP contribution in [0.25, 0.3) is 0 Å². The predicted molar refractivity (Wildman–Crippen MR) is 73.8 cm³/mol. The highest BCUT2D eigenvalue weighted by Gasteiger charge is 2.34. The number of benzene rings is 1. The van der Waals surface area contributed by atoms with Crippen molar-refractivity contribution in [2.24, 2.45) is 11.7 Å². The summed E-state index contributed by atoms with van der Waals surface area (Å²) < 4.78 is 0. The molecule has 1 saturated carbocycles. The van der Waals surface area contributed by atoms with Gasteiger partial charge in [-0.25, -0.2) is 0 Å². The van der Waals surface area contributed by atoms with Crippen molar-refractivity contribution in [2.45, 2.75) is 44.1 Å². The summed E-state index contributed by atoms with van der Waals surface area (Å²) in [5.41, 5.74) is 7.94. The van der Waals surface area contributed by atoms with Gasteiger partial charge in [0.2, 0.25) is 0 Å². The zero-order valence-corrected chi connectivity index (χ0v) is 10.6. The molecule has 0 amide bonds. The number of hydrogen-bond donors (Lipinski definition) is 1. The van der Waals surface area contributed by atoms with E-state index in [9.17, 15) is 0 Å². The Kier molecular flexibility index (Phi) is 4.01. The molecule has 1 aromatic rings. The van der Waals surface area contributed by atoms with Crippen molar-refractivity contribution in [3.63, 3.8) is 0 Å². The molecule has 2 N–H and O–H groups in total. The molecule has 1 nitrogen and oxygen atoms in total. The molecule has 17 heavy (non-hydrogen) atoms. The molecule has 92 valence electrons. The van der Waals surface area contributed by atoms with Gasteiger partial charge in [-0.1, -0.05) is 55.7 Å². The molecule has 1 aromatic carbocycles. The topological polar surface area (TPSA) is 26.0 Å². The Balaban J connectivity index is 2.08. The van der Waals surface area contributed by atoms with Gasteiger partial charge in [-0.15, -0.1) is 6.58 Å². The van der Waals surface area contributed by atoms with E-state index in [4.69, 9.17) is 5.73 Å². The highest BCUT2D eigenvalue weighted by molar-refractivity contribution is 5.18. The fourth-order valence-electron chi connectivity index (χ4n) is 2.97. The lowest BCUT2D eigenvalue weighted by Gasteiger charge is -2.39. The van der Waals surface area contributed by atoms with Crippen molar-refractivity contribution in [1.29, 1.82) is 0 Å². The van der Waals surface area contributed by atoms with E-state index in [2.05, 4.69) is 43.0 Å². The second-order valence-electron chi connectivity index (χ2n) is 5.33. The van der Waals surface area contributed by atoms with Gasteiger partial charge in [-0.2, -0.15) is 0 Å². The second kappa shape index (κ2) is 5.50. The average Bonchev–Trinajstić information content (AvgIpc) is 2.38. The highest BCUT2D eigenvalue weighted by Crippen LogP contribution is 2.34. The quantitative estimate of drug-likeness (QED) is 0.783. The van der Waals surface area contributed by atoms with Crippen LogP contribution in [-0.2, 0) is 6.42 Å². The summed E-state index contributed by atoms with van der Waals surface area (Å²) in [4.78, 5) is 0. The molecule has 1 fully saturated rings. The second-order valence-corrected chi connectivity index (χ2v) is 5.33. The Hall–Kier alpha value is -1.08. The molecule has 0 aromatic heterocycles. The number of rotatable bonds is 4. The fraction of sp³-hybridized carbons (Fsp3) is 0.500. The Morgan fingerprint density at radius 2 is 1.82 bits per heavy atom. The maximum Gasteiger partial charge on any atom is 0.0220 e. The van der Waals surface area contributed by atoms with Gasteiger partial charge in [-0.3, -0.25) is 0 Å². The minimum atomic E-state index is -0.0180. The summed E-state index contributed by atoms with van der Waals surface area (Å²) in [5, 5.41) is 0. The van der Waals surface area contributed by atoms with Crippen molar-refractivity contribution >= 4 is 0 Å². The molecule has 0 saturated heterocycles. The fourth-order valence-corrected chi connectivity index (χ4v) is 2.97. The first-order valence-electron chi connectivity index (χ1n) is 6.70. The molecule has 1 unspecified atom stereocenters. The van der Waals surface area contributed by atoms with Crippen LogP contribution < -0.4 is 5.73 Å². The maximum atomic E-state index is 6.59. The third kappa shape index (κ3) is 2.98. The number of hydrogen-bond acceptors (Lipinski definition) is 1. The first-order chi connectivity index (χ1) is 8.24. The van der Waals surface area contributed by atoms with Gasteiger partial charge < -0.3 is 5.73 Å². The largest absolute Gasteiger partial charge is 0.325 e. The zero-order chi connectivity index (χ0) is 12.1. The van der Waals surface area contributed by atoms with E-state index in [1.165, 1.54) is 24.8 Å². The molecular weight excluding hydrogens is 206 g/mol. The molecule has 0 aliphatic heterocycles. The third-order valence-corrected chi connectivity index (χ3v) is 4.11. The van der Waals surface area contributed by atoms with E-state index in [0.717, 1.165) is 19.3 Å². The van der Waals surface area contributed by atoms with Crippen LogP contribution in [0, 0.1) is 5.92 Å². The first kappa shape index (κ1) is 12.4. The molecule has 1 heteroatoms. The minimum absolute atomic E-state index is 0.0180. The van der Waals surface area contributed by atoms with Crippen LogP contribution >= 0.6 is 0 Å². The summed E-state index contributed by atoms with van der Waals surface area (Å²) in [7, 11) is 0. The van der Waals surface area contributed by atoms with Crippen LogP contribution in [0.4, 0.5) is 0 Å². The van der Waals surface area contributed by atoms with Gasteiger partial charge in [0.05, 0.1) is 0 Å². The normalized spacial score (nSPS) is 20.8. The summed E-state index contributed by atoms with van der Waals surface area (Å²) in [6.45, 7) is 4.00. The van der Waals surface area contributed by atoms with Crippen molar-refractivity contribution < 1.29 is 0 Å². The Morgan fingerprint density at radius 1 is 1.18 bits per heavy atom. The molecule has 1 atom stereocenters. The number of nitrogens with two attached hydrogens (primary N) is 1. The van der Waals surface area contributed by atoms with Crippen molar-refractivity contribution in [3.8, 4) is 0 Å². The molecule has 0 spiro atoms. The van der Waals surface area contributed by atoms with Crippen LogP contribution in [0.2, 0.25) is 0 Å². The van der Waals surface area contributed by atoms with Gasteiger partial charge in [0.15, 0.2) is 0 Å². The van der Waals surface area contributed by atoms with E-state index < -0.39 is 0 Å². The minimum Gasteiger partial charge on any atom is -0.325 e. The Labute approximate surface area is 105 Å². The van der Waals surface area contributed by atoms with E-state index in [1.54, 1.807) is 0 Å². The molecule has 2 rings (SSSR count). The monoisotopic (exact) mass is 229 g/mol. The van der Waals surface area contributed by atoms with Crippen LogP contribution in [0.3, 0.4) is 0 Å². The van der Waals surface area contributed by atoms with Crippen LogP contribution in [0.5, 0.6) is 0 Å². The molecular formula is C16H23N. The predicted octanol–water partition coefficient (Wildman–Crippen LogP) is 3.69. The summed E-state index contributed by atoms with van der Waals surface area (Å²) in [5.74, 6) is 0.408. The van der Waals surface area contributed by atoms with Crippen molar-refractivity contribution in [2.75, 3.05) is 0 Å². The first-order valence-corrected chi connectivity index (χ1v) is 6.70. The highest BCUT2D eigenvalue weighted by atomic mass is 14.8. The third-order valence-electron chi connectivity index (χ3n) is 4.11. The lowest BCUT2D eigenvalue weighted by Crippen LogP contribution is -2.48. The van der Waals surface area contributed by atoms with Gasteiger partial charge in [0.1, 0.15) is 0 Å². The summed E-state index contributed by atoms with van der Waals surface area (Å²) in [6, 6.07) is 10.6. The lowest BCUT2D eigenvalue weighted by atomic mass is 9.71. The SMILES string of the molecule is C=CC(Cc1ccccc1)C1(N)CCCCC1. The van der Waals surface area contributed by atoms with Crippen molar-refractivity contribution in [1.82, 2.24) is 0 Å². The summed E-state index contributed by atoms with van der Waals surface area (Å²) in [6.07, 6.45) is 9.28. The molecule has 1 aliphatic carbocycles. The molecule has 0 heterocycles. The Bertz CT molecular complexity index is 349. The van der Waals surface area contributed by atoms with Gasteiger partial charge in [-0.05, 0) is 30.7 Å². The van der Waals surface area contributed by atoms with Crippen LogP contribution in [-0.4, -0.2) is 5.54 Å². The van der Waals surface area contributed by atoms with E-state index in [1.807, 2.05) is 0 Å². The van der Waals surface area contributed by atoms with Gasteiger partial charge in [0, 0.05) is 5.54 Å². The standard InChI is InChI=1S/C16H23N/c1-2-15(13-14-9-5-3-6-10-14)16(17)11-7-4-8-12-16/h2-3,5-6,9-10,15H,1,4,7-8,11-13,17H2. The van der Waals surface area contributed by atoms with E-state index in [0.29, 0.717) is 5.92 Å². The van der Waals surface area contributed by atoms with Gasteiger partial charge in [0.25, 0.3) is 0 Å². The lowest BCUT2D eigenvalue weighted by molar-refractivity contribution is 0.227. The molecule has 0 bridgehead atoms. The summed E-state index contributed by atoms with van der Waals surface area (Å²) >= 11 is 0. The van der Waals surface area contributed by atoms with Crippen molar-refractivity contribution in [3.05, 3.63) is 48.6 Å². The van der Waals surface area contributed by atoms with Gasteiger partial charge >= 0.3 is 0 Å². The zero-order valence-electron chi connectivity index (χ0n) is 10.6. The molecule has 1 aliphatic rings. The van der Waals surface area contributed by atoms with E-state index >= 15 is 0 Å². The smallest absolute Gasteiger partial charge is 0.0220 e. The average molecular weight is 229 g/mol. The maximum absolute atomic E-state index is 6.59. The van der Waals surface area contributed by atoms with E-state index in [-0.39, 0.29) is 5.54 Å². The molecule has 0 radical (unpaired) electrons. The Morgan fingerprint density at radius 3 is 2.41 bits per heavy atom. The van der Waals surface area contributed by atoms with Crippen LogP contribution in [0.15, 0.2) is 43.0 Å².